The molecule has 0 saturated heterocycles. The lowest BCUT2D eigenvalue weighted by Crippen LogP contribution is -1.79. The molecule has 1 aromatic carbocycles. The van der Waals surface area contributed by atoms with E-state index < -0.39 is 11.6 Å². The number of hydrogen-bond acceptors (Lipinski definition) is 1. The van der Waals surface area contributed by atoms with E-state index in [9.17, 15) is 8.78 Å². The van der Waals surface area contributed by atoms with Crippen molar-refractivity contribution >= 4 is 5.69 Å². The predicted molar refractivity (Wildman–Crippen MR) is 35.2 cm³/mol. The van der Waals surface area contributed by atoms with Crippen LogP contribution in [0.4, 0.5) is 14.5 Å². The number of benzene rings is 1. The quantitative estimate of drug-likeness (QED) is 0.340. The molecule has 0 aliphatic rings. The summed E-state index contributed by atoms with van der Waals surface area (Å²) in [5.74, 6) is -1.98. The van der Waals surface area contributed by atoms with Crippen LogP contribution in [0.5, 0.6) is 0 Å². The number of hydrogen-bond donors (Lipinski definition) is 0. The smallest absolute Gasteiger partial charge is 0.159 e. The van der Waals surface area contributed by atoms with Gasteiger partial charge in [0.2, 0.25) is 0 Å². The first-order valence-electron chi connectivity index (χ1n) is 2.74. The van der Waals surface area contributed by atoms with Crippen LogP contribution in [0, 0.1) is 11.6 Å². The molecule has 0 radical (unpaired) electrons. The maximum atomic E-state index is 12.3. The van der Waals surface area contributed by atoms with Crippen molar-refractivity contribution in [1.29, 1.82) is 0 Å². The molecule has 0 amide bonds. The van der Waals surface area contributed by atoms with Gasteiger partial charge in [-0.2, -0.15) is 0 Å². The molecule has 0 saturated carbocycles. The van der Waals surface area contributed by atoms with Crippen molar-refractivity contribution in [3.05, 3.63) is 40.3 Å². The fraction of sp³-hybridized carbons (Fsp3) is 0. The third-order valence-corrected chi connectivity index (χ3v) is 1.06. The van der Waals surface area contributed by atoms with Crippen LogP contribution >= 0.6 is 0 Å². The van der Waals surface area contributed by atoms with E-state index in [0.717, 1.165) is 12.1 Å². The van der Waals surface area contributed by atoms with Crippen molar-refractivity contribution in [2.75, 3.05) is 0 Å². The van der Waals surface area contributed by atoms with Crippen LogP contribution in [0.1, 0.15) is 0 Å². The fourth-order valence-electron chi connectivity index (χ4n) is 0.599. The van der Waals surface area contributed by atoms with Crippen molar-refractivity contribution in [1.82, 2.24) is 0 Å². The van der Waals surface area contributed by atoms with E-state index in [4.69, 9.17) is 5.53 Å². The summed E-state index contributed by atoms with van der Waals surface area (Å²) in [5.41, 5.74) is 7.98. The zero-order valence-electron chi connectivity index (χ0n) is 5.33. The third-order valence-electron chi connectivity index (χ3n) is 1.06. The Kier molecular flexibility index (Phi) is 2.03. The van der Waals surface area contributed by atoms with Crippen molar-refractivity contribution < 1.29 is 8.78 Å². The van der Waals surface area contributed by atoms with Gasteiger partial charge >= 0.3 is 0 Å². The van der Waals surface area contributed by atoms with E-state index in [2.05, 4.69) is 10.0 Å². The maximum absolute atomic E-state index is 12.3. The van der Waals surface area contributed by atoms with E-state index in [-0.39, 0.29) is 5.69 Å². The molecule has 0 fully saturated rings. The summed E-state index contributed by atoms with van der Waals surface area (Å²) in [6, 6.07) is 2.92. The summed E-state index contributed by atoms with van der Waals surface area (Å²) in [4.78, 5) is 2.41. The number of azide groups is 1. The van der Waals surface area contributed by atoms with Crippen LogP contribution in [-0.2, 0) is 0 Å². The molecular weight excluding hydrogens is 152 g/mol. The molecule has 0 spiro atoms. The molecule has 0 bridgehead atoms. The van der Waals surface area contributed by atoms with Gasteiger partial charge in [0.05, 0.1) is 0 Å². The summed E-state index contributed by atoms with van der Waals surface area (Å²) in [6.07, 6.45) is 0. The molecule has 1 rings (SSSR count). The highest BCUT2D eigenvalue weighted by molar-refractivity contribution is 5.36. The normalized spacial score (nSPS) is 8.91. The summed E-state index contributed by atoms with van der Waals surface area (Å²) in [6.45, 7) is 0. The van der Waals surface area contributed by atoms with Crippen molar-refractivity contribution in [2.45, 2.75) is 0 Å². The van der Waals surface area contributed by atoms with Gasteiger partial charge in [-0.1, -0.05) is 5.11 Å². The summed E-state index contributed by atoms with van der Waals surface area (Å²) >= 11 is 0. The molecular formula is C6H3F2N3. The molecule has 1 aromatic rings. The predicted octanol–water partition coefficient (Wildman–Crippen LogP) is 2.91. The average molecular weight is 155 g/mol. The minimum absolute atomic E-state index is 0.0615. The van der Waals surface area contributed by atoms with Gasteiger partial charge in [0.25, 0.3) is 0 Å². The van der Waals surface area contributed by atoms with Gasteiger partial charge in [0, 0.05) is 10.6 Å². The lowest BCUT2D eigenvalue weighted by atomic mass is 10.3. The molecule has 0 atom stereocenters. The molecule has 56 valence electrons. The number of nitrogens with zero attached hydrogens (tertiary/aromatic N) is 3. The second kappa shape index (κ2) is 2.98. The first-order valence-corrected chi connectivity index (χ1v) is 2.74. The monoisotopic (exact) mass is 155 g/mol. The fourth-order valence-corrected chi connectivity index (χ4v) is 0.599. The van der Waals surface area contributed by atoms with Crippen molar-refractivity contribution in [3.63, 3.8) is 0 Å². The maximum Gasteiger partial charge on any atom is 0.159 e. The van der Waals surface area contributed by atoms with Crippen LogP contribution in [-0.4, -0.2) is 0 Å². The lowest BCUT2D eigenvalue weighted by molar-refractivity contribution is 0.509. The van der Waals surface area contributed by atoms with E-state index in [1.807, 2.05) is 0 Å². The van der Waals surface area contributed by atoms with E-state index in [1.165, 1.54) is 6.07 Å². The zero-order valence-corrected chi connectivity index (χ0v) is 5.33. The van der Waals surface area contributed by atoms with Crippen molar-refractivity contribution in [2.24, 2.45) is 5.11 Å². The Morgan fingerprint density at radius 3 is 2.55 bits per heavy atom. The summed E-state index contributed by atoms with van der Waals surface area (Å²) in [7, 11) is 0. The van der Waals surface area contributed by atoms with Crippen molar-refractivity contribution in [3.8, 4) is 0 Å². The van der Waals surface area contributed by atoms with Crippen LogP contribution in [0.25, 0.3) is 10.4 Å². The average Bonchev–Trinajstić information content (AvgIpc) is 1.98. The highest BCUT2D eigenvalue weighted by atomic mass is 19.2. The minimum atomic E-state index is -1.02. The molecule has 0 N–H and O–H groups in total. The topological polar surface area (TPSA) is 48.8 Å². The third kappa shape index (κ3) is 1.65. The van der Waals surface area contributed by atoms with Gasteiger partial charge < -0.3 is 0 Å². The summed E-state index contributed by atoms with van der Waals surface area (Å²) in [5, 5.41) is 3.08. The van der Waals surface area contributed by atoms with Gasteiger partial charge in [0.1, 0.15) is 0 Å². The minimum Gasteiger partial charge on any atom is -0.204 e. The van der Waals surface area contributed by atoms with Crippen LogP contribution < -0.4 is 0 Å². The van der Waals surface area contributed by atoms with Gasteiger partial charge in [-0.25, -0.2) is 8.78 Å². The lowest BCUT2D eigenvalue weighted by Gasteiger charge is -1.91. The Bertz CT molecular complexity index is 318. The first-order chi connectivity index (χ1) is 5.24. The van der Waals surface area contributed by atoms with Gasteiger partial charge in [0.15, 0.2) is 11.6 Å². The Balaban J connectivity index is 3.14. The van der Waals surface area contributed by atoms with E-state index >= 15 is 0 Å². The Morgan fingerprint density at radius 2 is 2.00 bits per heavy atom. The Labute approximate surface area is 60.9 Å². The molecule has 5 heteroatoms. The molecule has 0 aliphatic carbocycles. The Morgan fingerprint density at radius 1 is 1.27 bits per heavy atom. The Hall–Kier alpha value is -1.61. The standard InChI is InChI=1S/C6H3F2N3/c7-5-2-1-4(10-11-9)3-6(5)8/h1-3H. The molecule has 0 unspecified atom stereocenters. The molecule has 0 aliphatic heterocycles. The first kappa shape index (κ1) is 7.50. The SMILES string of the molecule is [N-]=[N+]=Nc1ccc(F)c(F)c1. The second-order valence-electron chi connectivity index (χ2n) is 1.79. The molecule has 11 heavy (non-hydrogen) atoms. The largest absolute Gasteiger partial charge is 0.204 e. The second-order valence-corrected chi connectivity index (χ2v) is 1.79. The van der Waals surface area contributed by atoms with Crippen LogP contribution in [0.2, 0.25) is 0 Å². The van der Waals surface area contributed by atoms with E-state index in [1.54, 1.807) is 0 Å². The zero-order chi connectivity index (χ0) is 8.27. The highest BCUT2D eigenvalue weighted by Gasteiger charge is 1.99. The van der Waals surface area contributed by atoms with Gasteiger partial charge in [-0.15, -0.1) is 0 Å². The van der Waals surface area contributed by atoms with E-state index in [0.29, 0.717) is 0 Å². The highest BCUT2D eigenvalue weighted by Crippen LogP contribution is 2.15. The molecule has 0 aromatic heterocycles. The van der Waals surface area contributed by atoms with Crippen LogP contribution in [0.15, 0.2) is 23.3 Å². The number of halogens is 2. The van der Waals surface area contributed by atoms with Gasteiger partial charge in [-0.05, 0) is 23.7 Å². The summed E-state index contributed by atoms with van der Waals surface area (Å²) < 4.78 is 24.6. The van der Waals surface area contributed by atoms with Crippen LogP contribution in [0.3, 0.4) is 0 Å². The number of rotatable bonds is 1. The molecule has 0 heterocycles. The van der Waals surface area contributed by atoms with Gasteiger partial charge in [-0.3, -0.25) is 0 Å². The molecule has 3 nitrogen and oxygen atoms in total.